The molecule has 1 fully saturated rings. The number of aliphatic carboxylic acids is 2. The second-order valence-corrected chi connectivity index (χ2v) is 7.94. The Morgan fingerprint density at radius 2 is 1.90 bits per heavy atom. The van der Waals surface area contributed by atoms with Gasteiger partial charge in [-0.1, -0.05) is 19.9 Å². The first-order chi connectivity index (χ1) is 13.4. The van der Waals surface area contributed by atoms with Crippen molar-refractivity contribution in [2.75, 3.05) is 6.67 Å². The van der Waals surface area contributed by atoms with Crippen molar-refractivity contribution in [1.29, 1.82) is 0 Å². The maximum atomic E-state index is 15.0. The summed E-state index contributed by atoms with van der Waals surface area (Å²) in [7, 11) is 0. The van der Waals surface area contributed by atoms with Crippen molar-refractivity contribution < 1.29 is 33.5 Å². The van der Waals surface area contributed by atoms with Gasteiger partial charge < -0.3 is 15.5 Å². The number of nitrogens with zero attached hydrogens (tertiary/aromatic N) is 1. The molecule has 3 N–H and O–H groups in total. The van der Waals surface area contributed by atoms with Gasteiger partial charge in [-0.25, -0.2) is 8.78 Å². The predicted molar refractivity (Wildman–Crippen MR) is 98.8 cm³/mol. The minimum absolute atomic E-state index is 0.634. The number of hydrogen-bond acceptors (Lipinski definition) is 5. The Morgan fingerprint density at radius 1 is 1.31 bits per heavy atom. The molecule has 10 heteroatoms. The van der Waals surface area contributed by atoms with E-state index in [9.17, 15) is 34.3 Å². The second-order valence-electron chi connectivity index (χ2n) is 7.94. The fourth-order valence-electron chi connectivity index (χ4n) is 4.94. The summed E-state index contributed by atoms with van der Waals surface area (Å²) in [6.45, 7) is 4.41. The molecule has 0 radical (unpaired) electrons. The van der Waals surface area contributed by atoms with Crippen LogP contribution in [0.4, 0.5) is 14.5 Å². The summed E-state index contributed by atoms with van der Waals surface area (Å²) in [5, 5.41) is 34.6. The van der Waals surface area contributed by atoms with Gasteiger partial charge >= 0.3 is 11.9 Å². The molecule has 1 aliphatic heterocycles. The summed E-state index contributed by atoms with van der Waals surface area (Å²) >= 11 is 0. The van der Waals surface area contributed by atoms with Gasteiger partial charge in [0.2, 0.25) is 0 Å². The van der Waals surface area contributed by atoms with Crippen LogP contribution in [0.1, 0.15) is 39.2 Å². The third-order valence-corrected chi connectivity index (χ3v) is 6.43. The number of benzene rings is 1. The molecule has 8 nitrogen and oxygen atoms in total. The van der Waals surface area contributed by atoms with E-state index in [4.69, 9.17) is 0 Å². The maximum absolute atomic E-state index is 15.0. The average molecular weight is 414 g/mol. The number of hydrogen-bond donors (Lipinski definition) is 3. The summed E-state index contributed by atoms with van der Waals surface area (Å²) in [6, 6.07) is 0.603. The molecule has 1 aliphatic rings. The highest BCUT2D eigenvalue weighted by atomic mass is 19.1. The Hall–Kier alpha value is -2.62. The summed E-state index contributed by atoms with van der Waals surface area (Å²) in [5.74, 6) is -6.61. The minimum atomic E-state index is -2.18. The number of piperidine rings is 1. The van der Waals surface area contributed by atoms with Crippen LogP contribution in [0.3, 0.4) is 0 Å². The molecule has 1 aromatic carbocycles. The lowest BCUT2D eigenvalue weighted by molar-refractivity contribution is -0.386. The second kappa shape index (κ2) is 7.66. The van der Waals surface area contributed by atoms with E-state index in [2.05, 4.69) is 5.32 Å². The van der Waals surface area contributed by atoms with Gasteiger partial charge in [0.1, 0.15) is 12.5 Å². The first-order valence-electron chi connectivity index (χ1n) is 9.09. The van der Waals surface area contributed by atoms with E-state index < -0.39 is 75.4 Å². The third kappa shape index (κ3) is 3.06. The molecule has 1 saturated heterocycles. The van der Waals surface area contributed by atoms with Crippen LogP contribution in [-0.4, -0.2) is 45.8 Å². The zero-order valence-electron chi connectivity index (χ0n) is 16.5. The molecular formula is C19H24F2N2O6. The van der Waals surface area contributed by atoms with Gasteiger partial charge in [0, 0.05) is 18.0 Å². The third-order valence-electron chi connectivity index (χ3n) is 6.43. The molecule has 1 aromatic rings. The molecule has 29 heavy (non-hydrogen) atoms. The van der Waals surface area contributed by atoms with Gasteiger partial charge in [0.25, 0.3) is 5.69 Å². The van der Waals surface area contributed by atoms with Crippen LogP contribution in [0.2, 0.25) is 0 Å². The number of carboxylic acid groups (broad SMARTS) is 2. The van der Waals surface area contributed by atoms with E-state index in [1.54, 1.807) is 0 Å². The van der Waals surface area contributed by atoms with E-state index in [-0.39, 0.29) is 0 Å². The van der Waals surface area contributed by atoms with Gasteiger partial charge in [0.05, 0.1) is 27.4 Å². The summed E-state index contributed by atoms with van der Waals surface area (Å²) < 4.78 is 28.9. The highest BCUT2D eigenvalue weighted by Gasteiger charge is 2.68. The molecular weight excluding hydrogens is 390 g/mol. The van der Waals surface area contributed by atoms with Crippen molar-refractivity contribution >= 4 is 17.6 Å². The lowest BCUT2D eigenvalue weighted by Gasteiger charge is -2.57. The van der Waals surface area contributed by atoms with Crippen molar-refractivity contribution in [2.24, 2.45) is 16.7 Å². The lowest BCUT2D eigenvalue weighted by atomic mass is 9.49. The van der Waals surface area contributed by atoms with E-state index in [0.29, 0.717) is 0 Å². The van der Waals surface area contributed by atoms with Crippen LogP contribution in [0, 0.1) is 32.7 Å². The van der Waals surface area contributed by atoms with Crippen LogP contribution < -0.4 is 5.32 Å². The smallest absolute Gasteiger partial charge is 0.312 e. The number of carboxylic acids is 2. The Balaban J connectivity index is 3.08. The number of nitro groups is 1. The fraction of sp³-hybridized carbons (Fsp3) is 0.579. The summed E-state index contributed by atoms with van der Waals surface area (Å²) in [6.07, 6.45) is 0. The number of carbonyl (C=O) groups is 2. The predicted octanol–water partition coefficient (Wildman–Crippen LogP) is 2.97. The number of nitrogens with one attached hydrogen (secondary N) is 1. The van der Waals surface area contributed by atoms with Crippen molar-refractivity contribution in [2.45, 2.75) is 45.7 Å². The Morgan fingerprint density at radius 3 is 2.31 bits per heavy atom. The quantitative estimate of drug-likeness (QED) is 0.482. The first kappa shape index (κ1) is 22.7. The minimum Gasteiger partial charge on any atom is -0.481 e. The van der Waals surface area contributed by atoms with E-state index in [1.165, 1.54) is 20.8 Å². The van der Waals surface area contributed by atoms with Crippen LogP contribution >= 0.6 is 0 Å². The van der Waals surface area contributed by atoms with Gasteiger partial charge in [-0.05, 0) is 25.8 Å². The van der Waals surface area contributed by atoms with E-state index in [0.717, 1.165) is 25.1 Å². The number of alkyl halides is 1. The molecule has 5 unspecified atom stereocenters. The molecule has 2 rings (SSSR count). The van der Waals surface area contributed by atoms with E-state index >= 15 is 4.39 Å². The molecule has 0 bridgehead atoms. The van der Waals surface area contributed by atoms with Crippen molar-refractivity contribution in [3.63, 3.8) is 0 Å². The molecule has 0 aliphatic carbocycles. The van der Waals surface area contributed by atoms with Gasteiger partial charge in [-0.3, -0.25) is 19.7 Å². The topological polar surface area (TPSA) is 130 Å². The Bertz CT molecular complexity index is 848. The average Bonchev–Trinajstić information content (AvgIpc) is 2.62. The van der Waals surface area contributed by atoms with Gasteiger partial charge in [-0.2, -0.15) is 0 Å². The Labute approximate surface area is 166 Å². The number of nitro benzene ring substituents is 1. The normalized spacial score (nSPS) is 32.2. The van der Waals surface area contributed by atoms with Crippen LogP contribution in [0.5, 0.6) is 0 Å². The van der Waals surface area contributed by atoms with Crippen molar-refractivity contribution in [3.8, 4) is 0 Å². The first-order valence-corrected chi connectivity index (χ1v) is 9.09. The van der Waals surface area contributed by atoms with Crippen molar-refractivity contribution in [3.05, 3.63) is 39.7 Å². The van der Waals surface area contributed by atoms with E-state index in [1.807, 2.05) is 0 Å². The zero-order valence-corrected chi connectivity index (χ0v) is 16.5. The fourth-order valence-corrected chi connectivity index (χ4v) is 4.94. The van der Waals surface area contributed by atoms with Gasteiger partial charge in [0.15, 0.2) is 0 Å². The SMILES string of the molecule is CC(C)C1(C(=O)O)C(C)NC(CF)C(C)(C(=O)O)C1c1c(F)cccc1[N+](=O)[O-]. The van der Waals surface area contributed by atoms with Crippen LogP contribution in [0.25, 0.3) is 0 Å². The largest absolute Gasteiger partial charge is 0.481 e. The summed E-state index contributed by atoms with van der Waals surface area (Å²) in [4.78, 5) is 35.7. The summed E-state index contributed by atoms with van der Waals surface area (Å²) in [5.41, 5.74) is -5.52. The van der Waals surface area contributed by atoms with Gasteiger partial charge in [-0.15, -0.1) is 0 Å². The molecule has 1 heterocycles. The maximum Gasteiger partial charge on any atom is 0.312 e. The molecule has 0 saturated carbocycles. The van der Waals surface area contributed by atoms with Crippen LogP contribution in [-0.2, 0) is 9.59 Å². The standard InChI is InChI=1S/C19H24F2N2O6/c1-9(2)19(17(26)27)10(3)22-13(8-20)18(4,16(24)25)15(19)14-11(21)6-5-7-12(14)23(28)29/h5-7,9-10,13,15,22H,8H2,1-4H3,(H,24,25)(H,26,27). The molecule has 160 valence electrons. The highest BCUT2D eigenvalue weighted by molar-refractivity contribution is 5.84. The molecule has 5 atom stereocenters. The van der Waals surface area contributed by atoms with Crippen LogP contribution in [0.15, 0.2) is 18.2 Å². The molecule has 0 aromatic heterocycles. The number of halogens is 2. The molecule has 0 spiro atoms. The lowest BCUT2D eigenvalue weighted by Crippen LogP contribution is -2.71. The highest BCUT2D eigenvalue weighted by Crippen LogP contribution is 2.60. The zero-order chi connectivity index (χ0) is 22.3. The monoisotopic (exact) mass is 414 g/mol. The van der Waals surface area contributed by atoms with Crippen molar-refractivity contribution in [1.82, 2.24) is 5.32 Å². The Kier molecular flexibility index (Phi) is 5.99. The molecule has 0 amide bonds. The number of rotatable bonds is 6.